The number of carbonyl (C=O) groups is 1. The molecule has 3 heteroatoms. The van der Waals surface area contributed by atoms with Crippen LogP contribution in [0.1, 0.15) is 38.5 Å². The molecule has 2 aliphatic carbocycles. The van der Waals surface area contributed by atoms with Crippen molar-refractivity contribution in [1.29, 1.82) is 0 Å². The van der Waals surface area contributed by atoms with Crippen LogP contribution in [0, 0.1) is 11.8 Å². The molecule has 14 heavy (non-hydrogen) atoms. The van der Waals surface area contributed by atoms with Gasteiger partial charge >= 0.3 is 0 Å². The summed E-state index contributed by atoms with van der Waals surface area (Å²) in [4.78, 5) is 11.4. The van der Waals surface area contributed by atoms with Gasteiger partial charge in [-0.25, -0.2) is 0 Å². The number of hydrogen-bond donors (Lipinski definition) is 1. The van der Waals surface area contributed by atoms with Crippen LogP contribution in [0.3, 0.4) is 0 Å². The van der Waals surface area contributed by atoms with Crippen molar-refractivity contribution < 1.29 is 4.79 Å². The molecule has 80 valence electrons. The largest absolute Gasteiger partial charge is 0.356 e. The lowest BCUT2D eigenvalue weighted by Crippen LogP contribution is -2.31. The van der Waals surface area contributed by atoms with Crippen molar-refractivity contribution in [2.45, 2.75) is 43.9 Å². The number of carbonyl (C=O) groups excluding carboxylic acids is 1. The maximum absolute atomic E-state index is 11.4. The van der Waals surface area contributed by atoms with E-state index in [1.165, 1.54) is 25.7 Å². The Morgan fingerprint density at radius 1 is 1.29 bits per heavy atom. The number of alkyl halides is 1. The van der Waals surface area contributed by atoms with Crippen LogP contribution in [0.25, 0.3) is 0 Å². The van der Waals surface area contributed by atoms with Gasteiger partial charge in [0, 0.05) is 18.3 Å². The van der Waals surface area contributed by atoms with Gasteiger partial charge in [0.1, 0.15) is 0 Å². The lowest BCUT2D eigenvalue weighted by atomic mass is 10.1. The van der Waals surface area contributed by atoms with Crippen molar-refractivity contribution in [2.75, 3.05) is 6.54 Å². The molecule has 0 aromatic heterocycles. The van der Waals surface area contributed by atoms with Gasteiger partial charge in [-0.15, -0.1) is 11.6 Å². The van der Waals surface area contributed by atoms with Gasteiger partial charge in [0.05, 0.1) is 0 Å². The topological polar surface area (TPSA) is 29.1 Å². The van der Waals surface area contributed by atoms with Gasteiger partial charge in [-0.3, -0.25) is 4.79 Å². The Balaban J connectivity index is 1.62. The smallest absolute Gasteiger partial charge is 0.220 e. The third-order valence-corrected chi connectivity index (χ3v) is 3.87. The van der Waals surface area contributed by atoms with Crippen LogP contribution in [0.2, 0.25) is 0 Å². The summed E-state index contributed by atoms with van der Waals surface area (Å²) < 4.78 is 0. The summed E-state index contributed by atoms with van der Waals surface area (Å²) >= 11 is 6.13. The summed E-state index contributed by atoms with van der Waals surface area (Å²) in [6, 6.07) is 0. The summed E-state index contributed by atoms with van der Waals surface area (Å²) in [6.45, 7) is 0.791. The highest BCUT2D eigenvalue weighted by Gasteiger charge is 2.27. The third-order valence-electron chi connectivity index (χ3n) is 3.30. The van der Waals surface area contributed by atoms with E-state index in [-0.39, 0.29) is 11.3 Å². The molecule has 2 saturated carbocycles. The van der Waals surface area contributed by atoms with Gasteiger partial charge in [0.25, 0.3) is 0 Å². The second kappa shape index (κ2) is 4.52. The second-order valence-electron chi connectivity index (χ2n) is 4.66. The highest BCUT2D eigenvalue weighted by Crippen LogP contribution is 2.32. The molecule has 2 rings (SSSR count). The molecule has 0 aromatic carbocycles. The fourth-order valence-electron chi connectivity index (χ4n) is 2.12. The zero-order valence-corrected chi connectivity index (χ0v) is 9.22. The van der Waals surface area contributed by atoms with Gasteiger partial charge in [-0.1, -0.05) is 6.42 Å². The monoisotopic (exact) mass is 215 g/mol. The molecule has 0 spiro atoms. The van der Waals surface area contributed by atoms with Crippen molar-refractivity contribution in [1.82, 2.24) is 5.32 Å². The van der Waals surface area contributed by atoms with E-state index in [9.17, 15) is 4.79 Å². The molecule has 0 aromatic rings. The van der Waals surface area contributed by atoms with E-state index in [4.69, 9.17) is 11.6 Å². The van der Waals surface area contributed by atoms with Gasteiger partial charge in [-0.05, 0) is 37.5 Å². The number of amides is 1. The molecule has 2 fully saturated rings. The molecule has 0 saturated heterocycles. The number of halogens is 1. The predicted molar refractivity (Wildman–Crippen MR) is 57.3 cm³/mol. The van der Waals surface area contributed by atoms with Crippen LogP contribution in [0.15, 0.2) is 0 Å². The molecular formula is C11H18ClNO. The van der Waals surface area contributed by atoms with E-state index in [1.807, 2.05) is 0 Å². The molecule has 0 bridgehead atoms. The van der Waals surface area contributed by atoms with Crippen LogP contribution >= 0.6 is 11.6 Å². The minimum Gasteiger partial charge on any atom is -0.356 e. The summed E-state index contributed by atoms with van der Waals surface area (Å²) in [5, 5.41) is 3.29. The van der Waals surface area contributed by atoms with Gasteiger partial charge < -0.3 is 5.32 Å². The molecule has 0 aliphatic heterocycles. The molecule has 1 N–H and O–H groups in total. The molecule has 0 heterocycles. The lowest BCUT2D eigenvalue weighted by Gasteiger charge is -2.14. The quantitative estimate of drug-likeness (QED) is 0.717. The first kappa shape index (κ1) is 10.3. The van der Waals surface area contributed by atoms with E-state index in [2.05, 4.69) is 5.32 Å². The maximum atomic E-state index is 11.4. The predicted octanol–water partition coefficient (Wildman–Crippen LogP) is 2.31. The summed E-state index contributed by atoms with van der Waals surface area (Å²) in [5.74, 6) is 1.42. The van der Waals surface area contributed by atoms with E-state index < -0.39 is 0 Å². The summed E-state index contributed by atoms with van der Waals surface area (Å²) in [5.41, 5.74) is 0. The van der Waals surface area contributed by atoms with Crippen molar-refractivity contribution in [3.8, 4) is 0 Å². The van der Waals surface area contributed by atoms with Crippen molar-refractivity contribution in [3.63, 3.8) is 0 Å². The van der Waals surface area contributed by atoms with Crippen molar-refractivity contribution in [3.05, 3.63) is 0 Å². The number of rotatable bonds is 4. The van der Waals surface area contributed by atoms with Crippen LogP contribution < -0.4 is 5.32 Å². The molecule has 2 unspecified atom stereocenters. The SMILES string of the molecule is O=C(CC1CC1)NCC1CCCC1Cl. The average Bonchev–Trinajstić information content (AvgIpc) is 2.86. The highest BCUT2D eigenvalue weighted by atomic mass is 35.5. The van der Waals surface area contributed by atoms with E-state index >= 15 is 0 Å². The Morgan fingerprint density at radius 2 is 2.07 bits per heavy atom. The minimum absolute atomic E-state index is 0.225. The third kappa shape index (κ3) is 2.88. The molecule has 2 aliphatic rings. The summed E-state index contributed by atoms with van der Waals surface area (Å²) in [7, 11) is 0. The molecule has 1 amide bonds. The number of hydrogen-bond acceptors (Lipinski definition) is 1. The minimum atomic E-state index is 0.225. The Hall–Kier alpha value is -0.240. The zero-order valence-electron chi connectivity index (χ0n) is 8.47. The van der Waals surface area contributed by atoms with Crippen LogP contribution in [-0.4, -0.2) is 17.8 Å². The lowest BCUT2D eigenvalue weighted by molar-refractivity contribution is -0.121. The van der Waals surface area contributed by atoms with Gasteiger partial charge in [0.15, 0.2) is 0 Å². The van der Waals surface area contributed by atoms with E-state index in [0.29, 0.717) is 11.8 Å². The Bertz CT molecular complexity index is 215. The normalized spacial score (nSPS) is 31.8. The summed E-state index contributed by atoms with van der Waals surface area (Å²) in [6.07, 6.45) is 6.74. The van der Waals surface area contributed by atoms with E-state index in [0.717, 1.165) is 19.4 Å². The second-order valence-corrected chi connectivity index (χ2v) is 5.22. The van der Waals surface area contributed by atoms with E-state index in [1.54, 1.807) is 0 Å². The highest BCUT2D eigenvalue weighted by molar-refractivity contribution is 6.20. The molecule has 2 atom stereocenters. The first-order valence-corrected chi connectivity index (χ1v) is 6.10. The number of nitrogens with one attached hydrogen (secondary N) is 1. The van der Waals surface area contributed by atoms with Gasteiger partial charge in [-0.2, -0.15) is 0 Å². The van der Waals surface area contributed by atoms with Gasteiger partial charge in [0.2, 0.25) is 5.91 Å². The first-order valence-electron chi connectivity index (χ1n) is 5.66. The molecule has 0 radical (unpaired) electrons. The Morgan fingerprint density at radius 3 is 2.64 bits per heavy atom. The fraction of sp³-hybridized carbons (Fsp3) is 0.909. The van der Waals surface area contributed by atoms with Crippen LogP contribution in [0.4, 0.5) is 0 Å². The van der Waals surface area contributed by atoms with Crippen LogP contribution in [0.5, 0.6) is 0 Å². The van der Waals surface area contributed by atoms with Crippen molar-refractivity contribution in [2.24, 2.45) is 11.8 Å². The first-order chi connectivity index (χ1) is 6.75. The molecular weight excluding hydrogens is 198 g/mol. The Kier molecular flexibility index (Phi) is 3.32. The van der Waals surface area contributed by atoms with Crippen LogP contribution in [-0.2, 0) is 4.79 Å². The fourth-order valence-corrected chi connectivity index (χ4v) is 2.49. The average molecular weight is 216 g/mol. The maximum Gasteiger partial charge on any atom is 0.220 e. The zero-order chi connectivity index (χ0) is 9.97. The Labute approximate surface area is 90.4 Å². The molecule has 2 nitrogen and oxygen atoms in total. The standard InChI is InChI=1S/C11H18ClNO/c12-10-3-1-2-9(10)7-13-11(14)6-8-4-5-8/h8-10H,1-7H2,(H,13,14). The van der Waals surface area contributed by atoms with Crippen molar-refractivity contribution >= 4 is 17.5 Å².